The van der Waals surface area contributed by atoms with Crippen LogP contribution in [0.5, 0.6) is 5.75 Å². The molecule has 0 fully saturated rings. The van der Waals surface area contributed by atoms with Crippen LogP contribution in [-0.2, 0) is 16.1 Å². The molecule has 2 aromatic heterocycles. The van der Waals surface area contributed by atoms with E-state index in [9.17, 15) is 4.79 Å². The lowest BCUT2D eigenvalue weighted by atomic mass is 10.2. The summed E-state index contributed by atoms with van der Waals surface area (Å²) in [6.07, 6.45) is 2.81. The summed E-state index contributed by atoms with van der Waals surface area (Å²) in [7, 11) is 1.59. The zero-order chi connectivity index (χ0) is 17.6. The molecule has 3 aromatic rings. The van der Waals surface area contributed by atoms with E-state index >= 15 is 0 Å². The third-order valence-corrected chi connectivity index (χ3v) is 3.30. The molecule has 3 rings (SSSR count). The molecule has 0 saturated carbocycles. The molecule has 2 heterocycles. The van der Waals surface area contributed by atoms with Crippen molar-refractivity contribution >= 4 is 12.0 Å². The fourth-order valence-electron chi connectivity index (χ4n) is 2.04. The average Bonchev–Trinajstić information content (AvgIpc) is 3.27. The highest BCUT2D eigenvalue weighted by atomic mass is 16.6. The number of aryl methyl sites for hydroxylation is 1. The van der Waals surface area contributed by atoms with Crippen molar-refractivity contribution in [3.05, 3.63) is 59.9 Å². The molecule has 0 saturated heterocycles. The molecule has 0 aliphatic rings. The summed E-state index contributed by atoms with van der Waals surface area (Å²) in [5.41, 5.74) is 0.773. The molecule has 128 valence electrons. The number of furan rings is 1. The van der Waals surface area contributed by atoms with E-state index in [1.807, 2.05) is 25.1 Å². The highest BCUT2D eigenvalue weighted by Crippen LogP contribution is 2.19. The summed E-state index contributed by atoms with van der Waals surface area (Å²) in [5.74, 6) is 2.17. The maximum Gasteiger partial charge on any atom is 0.331 e. The van der Waals surface area contributed by atoms with Gasteiger partial charge >= 0.3 is 5.97 Å². The molecule has 0 aliphatic carbocycles. The van der Waals surface area contributed by atoms with E-state index in [0.29, 0.717) is 11.6 Å². The van der Waals surface area contributed by atoms with Crippen LogP contribution >= 0.6 is 0 Å². The minimum atomic E-state index is -0.529. The van der Waals surface area contributed by atoms with Gasteiger partial charge in [0.2, 0.25) is 5.82 Å². The number of rotatable bonds is 6. The van der Waals surface area contributed by atoms with Gasteiger partial charge in [-0.3, -0.25) is 0 Å². The van der Waals surface area contributed by atoms with Gasteiger partial charge in [-0.25, -0.2) is 4.79 Å². The van der Waals surface area contributed by atoms with Crippen LogP contribution in [0.4, 0.5) is 0 Å². The van der Waals surface area contributed by atoms with Gasteiger partial charge in [-0.2, -0.15) is 4.98 Å². The quantitative estimate of drug-likeness (QED) is 0.502. The molecule has 7 heteroatoms. The Kier molecular flexibility index (Phi) is 4.94. The molecular weight excluding hydrogens is 324 g/mol. The summed E-state index contributed by atoms with van der Waals surface area (Å²) in [6, 6.07) is 10.8. The van der Waals surface area contributed by atoms with Crippen LogP contribution in [0.25, 0.3) is 17.5 Å². The van der Waals surface area contributed by atoms with Crippen LogP contribution < -0.4 is 4.74 Å². The minimum Gasteiger partial charge on any atom is -0.497 e. The predicted molar refractivity (Wildman–Crippen MR) is 88.6 cm³/mol. The lowest BCUT2D eigenvalue weighted by Crippen LogP contribution is -2.00. The SMILES string of the molecule is COc1ccc(-c2noc(COC(=O)/C=C/c3ccc(C)o3)n2)cc1. The highest BCUT2D eigenvalue weighted by molar-refractivity contribution is 5.86. The lowest BCUT2D eigenvalue weighted by molar-refractivity contribution is -0.139. The van der Waals surface area contributed by atoms with Crippen molar-refractivity contribution in [2.45, 2.75) is 13.5 Å². The van der Waals surface area contributed by atoms with Gasteiger partial charge in [0.1, 0.15) is 17.3 Å². The van der Waals surface area contributed by atoms with Gasteiger partial charge < -0.3 is 18.4 Å². The van der Waals surface area contributed by atoms with Gasteiger partial charge in [0.25, 0.3) is 5.89 Å². The Morgan fingerprint density at radius 1 is 1.20 bits per heavy atom. The Labute approximate surface area is 143 Å². The molecule has 0 spiro atoms. The number of aromatic nitrogens is 2. The molecule has 0 bridgehead atoms. The van der Waals surface area contributed by atoms with Crippen molar-refractivity contribution in [1.82, 2.24) is 10.1 Å². The van der Waals surface area contributed by atoms with Gasteiger partial charge in [0.15, 0.2) is 6.61 Å². The summed E-state index contributed by atoms with van der Waals surface area (Å²) < 4.78 is 20.6. The minimum absolute atomic E-state index is 0.108. The van der Waals surface area contributed by atoms with Crippen LogP contribution in [0.1, 0.15) is 17.4 Å². The first-order valence-corrected chi connectivity index (χ1v) is 7.52. The fraction of sp³-hybridized carbons (Fsp3) is 0.167. The van der Waals surface area contributed by atoms with Gasteiger partial charge in [-0.05, 0) is 49.4 Å². The molecule has 1 aromatic carbocycles. The second-order valence-electron chi connectivity index (χ2n) is 5.13. The topological polar surface area (TPSA) is 87.6 Å². The molecule has 0 atom stereocenters. The number of nitrogens with zero attached hydrogens (tertiary/aromatic N) is 2. The van der Waals surface area contributed by atoms with Crippen LogP contribution in [0.2, 0.25) is 0 Å². The van der Waals surface area contributed by atoms with E-state index in [1.165, 1.54) is 12.2 Å². The summed E-state index contributed by atoms with van der Waals surface area (Å²) in [6.45, 7) is 1.72. The normalized spacial score (nSPS) is 11.0. The van der Waals surface area contributed by atoms with Gasteiger partial charge in [0.05, 0.1) is 7.11 Å². The molecular formula is C18H16N2O5. The van der Waals surface area contributed by atoms with Crippen LogP contribution in [0, 0.1) is 6.92 Å². The molecule has 0 N–H and O–H groups in total. The first kappa shape index (κ1) is 16.5. The van der Waals surface area contributed by atoms with Crippen molar-refractivity contribution in [2.75, 3.05) is 7.11 Å². The third kappa shape index (κ3) is 4.35. The third-order valence-electron chi connectivity index (χ3n) is 3.30. The smallest absolute Gasteiger partial charge is 0.331 e. The molecule has 0 unspecified atom stereocenters. The standard InChI is InChI=1S/C18H16N2O5/c1-12-3-6-15(24-12)9-10-17(21)23-11-16-19-18(20-25-16)13-4-7-14(22-2)8-5-13/h3-10H,11H2,1-2H3/b10-9+. The number of methoxy groups -OCH3 is 1. The monoisotopic (exact) mass is 340 g/mol. The van der Waals surface area contributed by atoms with Crippen molar-refractivity contribution in [3.63, 3.8) is 0 Å². The molecule has 7 nitrogen and oxygen atoms in total. The van der Waals surface area contributed by atoms with Gasteiger partial charge in [0, 0.05) is 11.6 Å². The Morgan fingerprint density at radius 2 is 2.00 bits per heavy atom. The predicted octanol–water partition coefficient (Wildman–Crippen LogP) is 3.40. The first-order valence-electron chi connectivity index (χ1n) is 7.52. The number of carbonyl (C=O) groups excluding carboxylic acids is 1. The summed E-state index contributed by atoms with van der Waals surface area (Å²) in [4.78, 5) is 15.9. The zero-order valence-electron chi connectivity index (χ0n) is 13.8. The summed E-state index contributed by atoms with van der Waals surface area (Å²) in [5, 5.41) is 3.86. The Balaban J connectivity index is 1.55. The van der Waals surface area contributed by atoms with Gasteiger partial charge in [-0.15, -0.1) is 0 Å². The lowest BCUT2D eigenvalue weighted by Gasteiger charge is -1.99. The van der Waals surface area contributed by atoms with Gasteiger partial charge in [-0.1, -0.05) is 5.16 Å². The van der Waals surface area contributed by atoms with Crippen LogP contribution in [0.3, 0.4) is 0 Å². The maximum absolute atomic E-state index is 11.7. The summed E-state index contributed by atoms with van der Waals surface area (Å²) >= 11 is 0. The molecule has 0 aliphatic heterocycles. The first-order chi connectivity index (χ1) is 12.1. The Bertz CT molecular complexity index is 877. The van der Waals surface area contributed by atoms with E-state index in [1.54, 1.807) is 25.3 Å². The van der Waals surface area contributed by atoms with E-state index in [0.717, 1.165) is 17.1 Å². The largest absolute Gasteiger partial charge is 0.497 e. The zero-order valence-corrected chi connectivity index (χ0v) is 13.8. The van der Waals surface area contributed by atoms with Crippen molar-refractivity contribution in [3.8, 4) is 17.1 Å². The second kappa shape index (κ2) is 7.48. The molecule has 25 heavy (non-hydrogen) atoms. The Hall–Kier alpha value is -3.35. The Morgan fingerprint density at radius 3 is 2.68 bits per heavy atom. The number of esters is 1. The number of carbonyl (C=O) groups is 1. The number of benzene rings is 1. The van der Waals surface area contributed by atoms with E-state index < -0.39 is 5.97 Å². The van der Waals surface area contributed by atoms with Crippen molar-refractivity contribution in [2.24, 2.45) is 0 Å². The average molecular weight is 340 g/mol. The van der Waals surface area contributed by atoms with Crippen LogP contribution in [0.15, 0.2) is 51.4 Å². The number of hydrogen-bond acceptors (Lipinski definition) is 7. The molecule has 0 amide bonds. The number of ether oxygens (including phenoxy) is 2. The van der Waals surface area contributed by atoms with E-state index in [-0.39, 0.29) is 12.5 Å². The van der Waals surface area contributed by atoms with E-state index in [2.05, 4.69) is 10.1 Å². The second-order valence-corrected chi connectivity index (χ2v) is 5.13. The van der Waals surface area contributed by atoms with E-state index in [4.69, 9.17) is 18.4 Å². The molecule has 0 radical (unpaired) electrons. The fourth-order valence-corrected chi connectivity index (χ4v) is 2.04. The van der Waals surface area contributed by atoms with Crippen molar-refractivity contribution < 1.29 is 23.2 Å². The van der Waals surface area contributed by atoms with Crippen molar-refractivity contribution in [1.29, 1.82) is 0 Å². The highest BCUT2D eigenvalue weighted by Gasteiger charge is 2.10. The maximum atomic E-state index is 11.7. The number of hydrogen-bond donors (Lipinski definition) is 0. The van der Waals surface area contributed by atoms with Crippen LogP contribution in [-0.4, -0.2) is 23.2 Å².